The number of amides is 3. The zero-order chi connectivity index (χ0) is 20.1. The third kappa shape index (κ3) is 4.56. The summed E-state index contributed by atoms with van der Waals surface area (Å²) >= 11 is 0.837. The van der Waals surface area contributed by atoms with Gasteiger partial charge in [0, 0.05) is 19.2 Å². The molecule has 2 fully saturated rings. The van der Waals surface area contributed by atoms with E-state index in [1.54, 1.807) is 36.3 Å². The van der Waals surface area contributed by atoms with Crippen LogP contribution in [0.5, 0.6) is 5.75 Å². The summed E-state index contributed by atoms with van der Waals surface area (Å²) in [5, 5.41) is 8.78. The number of aliphatic hydroxyl groups excluding tert-OH is 1. The van der Waals surface area contributed by atoms with Gasteiger partial charge in [-0.15, -0.1) is 0 Å². The Morgan fingerprint density at radius 2 is 2.18 bits per heavy atom. The molecule has 3 rings (SSSR count). The number of benzene rings is 1. The van der Waals surface area contributed by atoms with Crippen LogP contribution in [-0.4, -0.2) is 64.8 Å². The van der Waals surface area contributed by atoms with Crippen LogP contribution in [0, 0.1) is 0 Å². The van der Waals surface area contributed by atoms with E-state index in [9.17, 15) is 19.5 Å². The Kier molecular flexibility index (Phi) is 6.74. The van der Waals surface area contributed by atoms with E-state index in [-0.39, 0.29) is 30.0 Å². The molecule has 2 aliphatic heterocycles. The first-order valence-electron chi connectivity index (χ1n) is 9.33. The van der Waals surface area contributed by atoms with Gasteiger partial charge in [-0.2, -0.15) is 0 Å². The number of hydrogen-bond acceptors (Lipinski definition) is 6. The molecule has 1 atom stereocenters. The zero-order valence-electron chi connectivity index (χ0n) is 15.8. The topological polar surface area (TPSA) is 87.2 Å². The Morgan fingerprint density at radius 3 is 2.93 bits per heavy atom. The normalized spacial score (nSPS) is 21.5. The quantitative estimate of drug-likeness (QED) is 0.733. The van der Waals surface area contributed by atoms with Crippen LogP contribution in [0.2, 0.25) is 0 Å². The number of imide groups is 1. The molecule has 0 bridgehead atoms. The van der Waals surface area contributed by atoms with Crippen molar-refractivity contribution in [1.29, 1.82) is 0 Å². The number of carbonyl (C=O) groups is 3. The van der Waals surface area contributed by atoms with Gasteiger partial charge in [0.05, 0.1) is 12.0 Å². The third-order valence-electron chi connectivity index (χ3n) is 4.97. The summed E-state index contributed by atoms with van der Waals surface area (Å²) < 4.78 is 5.17. The Labute approximate surface area is 168 Å². The van der Waals surface area contributed by atoms with Gasteiger partial charge in [-0.1, -0.05) is 12.1 Å². The van der Waals surface area contributed by atoms with Crippen molar-refractivity contribution < 1.29 is 24.2 Å². The molecule has 1 N–H and O–H groups in total. The molecule has 1 aromatic carbocycles. The summed E-state index contributed by atoms with van der Waals surface area (Å²) in [4.78, 5) is 40.7. The first kappa shape index (κ1) is 20.4. The number of likely N-dealkylation sites (tertiary alicyclic amines) is 1. The lowest BCUT2D eigenvalue weighted by Gasteiger charge is -2.36. The van der Waals surface area contributed by atoms with E-state index in [0.717, 1.165) is 41.5 Å². The highest BCUT2D eigenvalue weighted by Crippen LogP contribution is 2.33. The standard InChI is InChI=1S/C20H24N2O5S/c1-27-16-7-4-5-14(11-16)12-17-19(25)22(20(26)28-17)13-18(24)21-9-3-2-6-15(21)8-10-23/h4-5,7,11-12,15,23H,2-3,6,8-10,13H2,1H3/b17-12-/t15-/m1/s1. The maximum absolute atomic E-state index is 12.7. The van der Waals surface area contributed by atoms with Crippen molar-refractivity contribution in [3.63, 3.8) is 0 Å². The lowest BCUT2D eigenvalue weighted by atomic mass is 9.99. The Balaban J connectivity index is 1.71. The van der Waals surface area contributed by atoms with Crippen LogP contribution < -0.4 is 4.74 Å². The van der Waals surface area contributed by atoms with Gasteiger partial charge in [0.25, 0.3) is 11.1 Å². The van der Waals surface area contributed by atoms with Crippen molar-refractivity contribution in [2.24, 2.45) is 0 Å². The van der Waals surface area contributed by atoms with Crippen LogP contribution in [0.3, 0.4) is 0 Å². The zero-order valence-corrected chi connectivity index (χ0v) is 16.6. The number of carbonyl (C=O) groups excluding carboxylic acids is 3. The maximum atomic E-state index is 12.7. The minimum Gasteiger partial charge on any atom is -0.497 e. The van der Waals surface area contributed by atoms with E-state index in [0.29, 0.717) is 18.7 Å². The number of methoxy groups -OCH3 is 1. The maximum Gasteiger partial charge on any atom is 0.294 e. The van der Waals surface area contributed by atoms with Crippen LogP contribution in [0.1, 0.15) is 31.2 Å². The van der Waals surface area contributed by atoms with Gasteiger partial charge in [0.2, 0.25) is 5.91 Å². The Bertz CT molecular complexity index is 793. The molecular formula is C20H24N2O5S. The molecule has 0 radical (unpaired) electrons. The molecule has 0 aromatic heterocycles. The average Bonchev–Trinajstić information content (AvgIpc) is 2.96. The molecule has 150 valence electrons. The number of ether oxygens (including phenoxy) is 1. The van der Waals surface area contributed by atoms with Gasteiger partial charge in [-0.3, -0.25) is 19.3 Å². The van der Waals surface area contributed by atoms with E-state index in [2.05, 4.69) is 0 Å². The summed E-state index contributed by atoms with van der Waals surface area (Å²) in [5.74, 6) is -0.0480. The predicted octanol–water partition coefficient (Wildman–Crippen LogP) is 2.50. The van der Waals surface area contributed by atoms with Crippen molar-refractivity contribution >= 4 is 34.9 Å². The smallest absolute Gasteiger partial charge is 0.294 e. The molecule has 0 aliphatic carbocycles. The van der Waals surface area contributed by atoms with E-state index < -0.39 is 11.1 Å². The van der Waals surface area contributed by atoms with Gasteiger partial charge >= 0.3 is 0 Å². The summed E-state index contributed by atoms with van der Waals surface area (Å²) in [5.41, 5.74) is 0.746. The second-order valence-corrected chi connectivity index (χ2v) is 7.79. The summed E-state index contributed by atoms with van der Waals surface area (Å²) in [7, 11) is 1.56. The van der Waals surface area contributed by atoms with E-state index in [4.69, 9.17) is 4.74 Å². The number of piperidine rings is 1. The van der Waals surface area contributed by atoms with E-state index in [1.807, 2.05) is 6.07 Å². The lowest BCUT2D eigenvalue weighted by Crippen LogP contribution is -2.49. The highest BCUT2D eigenvalue weighted by atomic mass is 32.2. The first-order chi connectivity index (χ1) is 13.5. The van der Waals surface area contributed by atoms with E-state index >= 15 is 0 Å². The minimum atomic E-state index is -0.457. The van der Waals surface area contributed by atoms with Crippen molar-refractivity contribution in [2.45, 2.75) is 31.7 Å². The largest absolute Gasteiger partial charge is 0.497 e. The molecule has 2 heterocycles. The molecule has 0 unspecified atom stereocenters. The fraction of sp³-hybridized carbons (Fsp3) is 0.450. The lowest BCUT2D eigenvalue weighted by molar-refractivity contribution is -0.139. The second-order valence-electron chi connectivity index (χ2n) is 6.79. The van der Waals surface area contributed by atoms with Gasteiger partial charge in [0.1, 0.15) is 12.3 Å². The van der Waals surface area contributed by atoms with Gasteiger partial charge < -0.3 is 14.7 Å². The van der Waals surface area contributed by atoms with Crippen LogP contribution in [0.25, 0.3) is 6.08 Å². The molecule has 2 saturated heterocycles. The van der Waals surface area contributed by atoms with Crippen LogP contribution in [0.15, 0.2) is 29.2 Å². The van der Waals surface area contributed by atoms with Crippen LogP contribution in [0.4, 0.5) is 4.79 Å². The van der Waals surface area contributed by atoms with Crippen molar-refractivity contribution in [2.75, 3.05) is 26.8 Å². The molecule has 7 nitrogen and oxygen atoms in total. The highest BCUT2D eigenvalue weighted by Gasteiger charge is 2.38. The Hall–Kier alpha value is -2.32. The molecule has 2 aliphatic rings. The fourth-order valence-corrected chi connectivity index (χ4v) is 4.36. The molecule has 0 saturated carbocycles. The van der Waals surface area contributed by atoms with Crippen LogP contribution in [-0.2, 0) is 9.59 Å². The first-order valence-corrected chi connectivity index (χ1v) is 10.1. The summed E-state index contributed by atoms with van der Waals surface area (Å²) in [6.45, 7) is 0.348. The highest BCUT2D eigenvalue weighted by molar-refractivity contribution is 8.18. The molecule has 28 heavy (non-hydrogen) atoms. The monoisotopic (exact) mass is 404 g/mol. The van der Waals surface area contributed by atoms with Crippen LogP contribution >= 0.6 is 11.8 Å². The molecular weight excluding hydrogens is 380 g/mol. The van der Waals surface area contributed by atoms with Crippen molar-refractivity contribution in [3.05, 3.63) is 34.7 Å². The number of hydrogen-bond donors (Lipinski definition) is 1. The SMILES string of the molecule is COc1cccc(/C=C2\SC(=O)N(CC(=O)N3CCCC[C@@H]3CCO)C2=O)c1. The van der Waals surface area contributed by atoms with Gasteiger partial charge in [-0.05, 0) is 61.2 Å². The van der Waals surface area contributed by atoms with Gasteiger partial charge in [0.15, 0.2) is 0 Å². The number of rotatable bonds is 6. The average molecular weight is 404 g/mol. The predicted molar refractivity (Wildman–Crippen MR) is 107 cm³/mol. The Morgan fingerprint density at radius 1 is 1.36 bits per heavy atom. The molecule has 3 amide bonds. The van der Waals surface area contributed by atoms with Crippen molar-refractivity contribution in [1.82, 2.24) is 9.80 Å². The third-order valence-corrected chi connectivity index (χ3v) is 5.88. The second kappa shape index (κ2) is 9.25. The number of aliphatic hydroxyl groups is 1. The molecule has 1 aromatic rings. The minimum absolute atomic E-state index is 0.0132. The number of thioether (sulfide) groups is 1. The van der Waals surface area contributed by atoms with Gasteiger partial charge in [-0.25, -0.2) is 0 Å². The molecule has 8 heteroatoms. The number of nitrogens with zero attached hydrogens (tertiary/aromatic N) is 2. The van der Waals surface area contributed by atoms with Crippen molar-refractivity contribution in [3.8, 4) is 5.75 Å². The summed E-state index contributed by atoms with van der Waals surface area (Å²) in [6, 6.07) is 7.15. The fourth-order valence-electron chi connectivity index (χ4n) is 3.52. The van der Waals surface area contributed by atoms with E-state index in [1.165, 1.54) is 0 Å². The molecule has 0 spiro atoms. The summed E-state index contributed by atoms with van der Waals surface area (Å²) in [6.07, 6.45) is 4.89.